The van der Waals surface area contributed by atoms with E-state index in [-0.39, 0.29) is 9.33 Å². The molecule has 0 radical (unpaired) electrons. The maximum atomic E-state index is 15.1. The number of hydrogen-bond acceptors (Lipinski definition) is 8. The van der Waals surface area contributed by atoms with Gasteiger partial charge in [0.25, 0.3) is 0 Å². The summed E-state index contributed by atoms with van der Waals surface area (Å²) in [5.74, 6) is -5.43. The SMILES string of the molecule is N#CC(C#N)=c1nc2c(F)c3c(F)c4sc(=C(C#N)C#N)nc4c(F)c3c(F)c2s1. The lowest BCUT2D eigenvalue weighted by molar-refractivity contribution is 0.596. The lowest BCUT2D eigenvalue weighted by atomic mass is 10.1. The maximum Gasteiger partial charge on any atom is 0.165 e. The summed E-state index contributed by atoms with van der Waals surface area (Å²) < 4.78 is 58.7. The standard InChI is InChI=1S/C18F4N6S2/c19-9-7-8(11(21)15-13(9)27-17(29-15)5(1-23)2-24)10(20)14-16(12(7)22)30-18(28-14)6(3-25)4-26. The van der Waals surface area contributed by atoms with Gasteiger partial charge in [-0.15, -0.1) is 22.7 Å². The highest BCUT2D eigenvalue weighted by atomic mass is 32.1. The molecule has 0 saturated heterocycles. The number of nitriles is 4. The Bertz CT molecular complexity index is 1490. The van der Waals surface area contributed by atoms with E-state index in [1.807, 2.05) is 0 Å². The zero-order chi connectivity index (χ0) is 21.7. The van der Waals surface area contributed by atoms with Crippen molar-refractivity contribution in [1.82, 2.24) is 9.97 Å². The highest BCUT2D eigenvalue weighted by Gasteiger charge is 2.27. The molecule has 2 aromatic carbocycles. The van der Waals surface area contributed by atoms with Crippen LogP contribution < -0.4 is 9.33 Å². The molecule has 4 aromatic rings. The zero-order valence-corrected chi connectivity index (χ0v) is 15.6. The third-order valence-corrected chi connectivity index (χ3v) is 6.20. The largest absolute Gasteiger partial charge is 0.231 e. The number of rotatable bonds is 0. The predicted molar refractivity (Wildman–Crippen MR) is 98.7 cm³/mol. The predicted octanol–water partition coefficient (Wildman–Crippen LogP) is 3.01. The van der Waals surface area contributed by atoms with Crippen LogP contribution in [-0.4, -0.2) is 9.97 Å². The minimum Gasteiger partial charge on any atom is -0.231 e. The summed E-state index contributed by atoms with van der Waals surface area (Å²) in [6, 6.07) is 6.12. The van der Waals surface area contributed by atoms with Crippen molar-refractivity contribution >= 4 is 65.0 Å². The maximum absolute atomic E-state index is 15.1. The van der Waals surface area contributed by atoms with Crippen molar-refractivity contribution in [3.63, 3.8) is 0 Å². The van der Waals surface area contributed by atoms with E-state index in [4.69, 9.17) is 21.0 Å². The number of hydrogen-bond donors (Lipinski definition) is 0. The van der Waals surface area contributed by atoms with Crippen LogP contribution in [0.4, 0.5) is 17.6 Å². The fourth-order valence-electron chi connectivity index (χ4n) is 2.79. The van der Waals surface area contributed by atoms with Crippen LogP contribution in [-0.2, 0) is 0 Å². The molecule has 0 saturated carbocycles. The van der Waals surface area contributed by atoms with Gasteiger partial charge in [-0.3, -0.25) is 0 Å². The van der Waals surface area contributed by atoms with Gasteiger partial charge in [-0.1, -0.05) is 0 Å². The first kappa shape index (κ1) is 19.2. The highest BCUT2D eigenvalue weighted by Crippen LogP contribution is 2.38. The molecule has 2 heterocycles. The molecular weight excluding hydrogens is 440 g/mol. The molecule has 0 aliphatic carbocycles. The van der Waals surface area contributed by atoms with Crippen LogP contribution in [0.2, 0.25) is 0 Å². The van der Waals surface area contributed by atoms with E-state index < -0.39 is 65.6 Å². The summed E-state index contributed by atoms with van der Waals surface area (Å²) in [7, 11) is 0. The van der Waals surface area contributed by atoms with E-state index in [1.54, 1.807) is 0 Å². The highest BCUT2D eigenvalue weighted by molar-refractivity contribution is 7.17. The normalized spacial score (nSPS) is 10.5. The summed E-state index contributed by atoms with van der Waals surface area (Å²) >= 11 is 0.884. The summed E-state index contributed by atoms with van der Waals surface area (Å²) in [4.78, 5) is 7.41. The fourth-order valence-corrected chi connectivity index (χ4v) is 4.68. The monoisotopic (exact) mass is 440 g/mol. The number of nitrogens with zero attached hydrogens (tertiary/aromatic N) is 6. The summed E-state index contributed by atoms with van der Waals surface area (Å²) in [5.41, 5.74) is -2.34. The second-order valence-electron chi connectivity index (χ2n) is 5.60. The molecule has 4 rings (SSSR count). The fraction of sp³-hybridized carbons (Fsp3) is 0. The Hall–Kier alpha value is -4.10. The Kier molecular flexibility index (Phi) is 4.33. The molecule has 0 N–H and O–H groups in total. The van der Waals surface area contributed by atoms with Crippen molar-refractivity contribution in [1.29, 1.82) is 21.0 Å². The van der Waals surface area contributed by atoms with E-state index in [9.17, 15) is 0 Å². The van der Waals surface area contributed by atoms with E-state index in [1.165, 1.54) is 24.3 Å². The molecule has 30 heavy (non-hydrogen) atoms. The number of thiazole rings is 2. The van der Waals surface area contributed by atoms with Crippen LogP contribution in [0, 0.1) is 68.6 Å². The number of halogens is 4. The molecule has 12 heteroatoms. The summed E-state index contributed by atoms with van der Waals surface area (Å²) in [6.45, 7) is 0. The van der Waals surface area contributed by atoms with Gasteiger partial charge in [0.15, 0.2) is 34.4 Å². The molecule has 2 aromatic heterocycles. The second kappa shape index (κ2) is 6.75. The molecule has 0 fully saturated rings. The molecule has 142 valence electrons. The molecule has 0 aliphatic heterocycles. The first-order valence-electron chi connectivity index (χ1n) is 7.61. The lowest BCUT2D eigenvalue weighted by Crippen LogP contribution is -2.02. The Morgan fingerprint density at radius 2 is 0.933 bits per heavy atom. The van der Waals surface area contributed by atoms with Crippen LogP contribution in [0.25, 0.3) is 42.4 Å². The minimum absolute atomic E-state index is 0.298. The van der Waals surface area contributed by atoms with E-state index >= 15 is 17.6 Å². The van der Waals surface area contributed by atoms with E-state index in [0.29, 0.717) is 22.7 Å². The third-order valence-electron chi connectivity index (χ3n) is 4.07. The minimum atomic E-state index is -1.38. The molecule has 0 spiro atoms. The zero-order valence-electron chi connectivity index (χ0n) is 14.0. The van der Waals surface area contributed by atoms with Gasteiger partial charge in [-0.2, -0.15) is 21.0 Å². The smallest absolute Gasteiger partial charge is 0.165 e. The van der Waals surface area contributed by atoms with Gasteiger partial charge in [0.2, 0.25) is 0 Å². The third kappa shape index (κ3) is 2.42. The summed E-state index contributed by atoms with van der Waals surface area (Å²) in [6.07, 6.45) is 0. The van der Waals surface area contributed by atoms with Gasteiger partial charge in [-0.05, 0) is 0 Å². The van der Waals surface area contributed by atoms with Crippen molar-refractivity contribution in [2.45, 2.75) is 0 Å². The van der Waals surface area contributed by atoms with E-state index in [2.05, 4.69) is 9.97 Å². The van der Waals surface area contributed by atoms with Gasteiger partial charge < -0.3 is 0 Å². The molecule has 6 nitrogen and oxygen atoms in total. The van der Waals surface area contributed by atoms with Crippen molar-refractivity contribution in [3.8, 4) is 24.3 Å². The average molecular weight is 440 g/mol. The van der Waals surface area contributed by atoms with Crippen molar-refractivity contribution in [3.05, 3.63) is 32.6 Å². The lowest BCUT2D eigenvalue weighted by Gasteiger charge is -2.06. The molecule has 0 unspecified atom stereocenters. The van der Waals surface area contributed by atoms with Gasteiger partial charge in [0.1, 0.15) is 44.6 Å². The molecule has 0 amide bonds. The number of fused-ring (bicyclic) bond motifs is 3. The Morgan fingerprint density at radius 3 is 1.23 bits per heavy atom. The van der Waals surface area contributed by atoms with E-state index in [0.717, 1.165) is 0 Å². The van der Waals surface area contributed by atoms with Gasteiger partial charge in [0.05, 0.1) is 20.2 Å². The Morgan fingerprint density at radius 1 is 0.600 bits per heavy atom. The van der Waals surface area contributed by atoms with Crippen LogP contribution in [0.3, 0.4) is 0 Å². The van der Waals surface area contributed by atoms with Crippen LogP contribution >= 0.6 is 22.7 Å². The molecule has 0 aliphatic rings. The summed E-state index contributed by atoms with van der Waals surface area (Å²) in [5, 5.41) is 33.7. The first-order valence-corrected chi connectivity index (χ1v) is 9.24. The molecule has 0 bridgehead atoms. The van der Waals surface area contributed by atoms with Gasteiger partial charge >= 0.3 is 0 Å². The number of aromatic nitrogens is 2. The van der Waals surface area contributed by atoms with Gasteiger partial charge in [-0.25, -0.2) is 27.5 Å². The Labute approximate surface area is 170 Å². The first-order chi connectivity index (χ1) is 14.4. The van der Waals surface area contributed by atoms with Crippen molar-refractivity contribution in [2.24, 2.45) is 0 Å². The topological polar surface area (TPSA) is 121 Å². The second-order valence-corrected chi connectivity index (χ2v) is 7.59. The van der Waals surface area contributed by atoms with Crippen molar-refractivity contribution in [2.75, 3.05) is 0 Å². The van der Waals surface area contributed by atoms with Crippen LogP contribution in [0.1, 0.15) is 0 Å². The Balaban J connectivity index is 2.32. The molecular formula is C18F4N6S2. The van der Waals surface area contributed by atoms with Crippen LogP contribution in [0.5, 0.6) is 0 Å². The quantitative estimate of drug-likeness (QED) is 0.388. The van der Waals surface area contributed by atoms with Gasteiger partial charge in [0, 0.05) is 0 Å². The number of benzene rings is 2. The average Bonchev–Trinajstić information content (AvgIpc) is 3.37. The molecule has 0 atom stereocenters. The van der Waals surface area contributed by atoms with Crippen molar-refractivity contribution < 1.29 is 17.6 Å². The van der Waals surface area contributed by atoms with Crippen LogP contribution in [0.15, 0.2) is 0 Å².